The largest absolute Gasteiger partial charge is 0.376 e. The smallest absolute Gasteiger partial charge is 0.0535 e. The Morgan fingerprint density at radius 2 is 1.62 bits per heavy atom. The van der Waals surface area contributed by atoms with E-state index >= 15 is 0 Å². The predicted molar refractivity (Wildman–Crippen MR) is 94.4 cm³/mol. The average Bonchev–Trinajstić information content (AvgIpc) is 2.91. The van der Waals surface area contributed by atoms with Crippen molar-refractivity contribution in [2.75, 3.05) is 5.32 Å². The third-order valence-corrected chi connectivity index (χ3v) is 5.25. The fourth-order valence-electron chi connectivity index (χ4n) is 3.96. The number of benzene rings is 1. The molecule has 0 radical (unpaired) electrons. The molecule has 2 aliphatic rings. The molecule has 1 nitrogen and oxygen atoms in total. The van der Waals surface area contributed by atoms with Crippen LogP contribution in [0.2, 0.25) is 0 Å². The lowest BCUT2D eigenvalue weighted by Crippen LogP contribution is -2.46. The van der Waals surface area contributed by atoms with Gasteiger partial charge in [0, 0.05) is 11.1 Å². The molecule has 0 aromatic heterocycles. The van der Waals surface area contributed by atoms with Crippen molar-refractivity contribution in [3.8, 4) is 0 Å². The highest BCUT2D eigenvalue weighted by Gasteiger charge is 2.42. The van der Waals surface area contributed by atoms with Crippen LogP contribution in [0.15, 0.2) is 18.2 Å². The molecule has 0 saturated heterocycles. The van der Waals surface area contributed by atoms with E-state index in [2.05, 4.69) is 52.6 Å². The molecule has 0 amide bonds. The quantitative estimate of drug-likeness (QED) is 0.616. The minimum Gasteiger partial charge on any atom is -0.376 e. The van der Waals surface area contributed by atoms with Gasteiger partial charge in [0.25, 0.3) is 0 Å². The molecule has 0 atom stereocenters. The van der Waals surface area contributed by atoms with Crippen LogP contribution in [0.3, 0.4) is 0 Å². The monoisotopic (exact) mass is 285 g/mol. The van der Waals surface area contributed by atoms with Crippen LogP contribution in [-0.2, 0) is 18.3 Å². The molecule has 0 unspecified atom stereocenters. The second-order valence-electron chi connectivity index (χ2n) is 7.28. The van der Waals surface area contributed by atoms with Crippen molar-refractivity contribution in [2.45, 2.75) is 78.7 Å². The molecule has 116 valence electrons. The average molecular weight is 285 g/mol. The van der Waals surface area contributed by atoms with Gasteiger partial charge in [0.1, 0.15) is 0 Å². The standard InChI is InChI=1S/C18H25N.C2H6/c1-11-10-15-16(14-9-7-8-13(11)14)19-18(5,6)12(2)17(15,3)4;1-2/h10,19H,2,7-9H2,1,3-6H3;1-2H3. The van der Waals surface area contributed by atoms with E-state index in [9.17, 15) is 0 Å². The Bertz CT molecular complexity index is 576. The predicted octanol–water partition coefficient (Wildman–Crippen LogP) is 5.55. The van der Waals surface area contributed by atoms with Crippen molar-refractivity contribution in [1.29, 1.82) is 0 Å². The van der Waals surface area contributed by atoms with Crippen LogP contribution in [0, 0.1) is 6.92 Å². The highest BCUT2D eigenvalue weighted by Crippen LogP contribution is 2.49. The zero-order valence-corrected chi connectivity index (χ0v) is 14.9. The molecule has 1 N–H and O–H groups in total. The maximum Gasteiger partial charge on any atom is 0.0535 e. The van der Waals surface area contributed by atoms with E-state index in [-0.39, 0.29) is 11.0 Å². The van der Waals surface area contributed by atoms with Gasteiger partial charge in [-0.1, -0.05) is 40.3 Å². The number of hydrogen-bond acceptors (Lipinski definition) is 1. The molecular weight excluding hydrogens is 254 g/mol. The minimum atomic E-state index is -0.0257. The van der Waals surface area contributed by atoms with Crippen molar-refractivity contribution < 1.29 is 0 Å². The van der Waals surface area contributed by atoms with E-state index in [4.69, 9.17) is 0 Å². The van der Waals surface area contributed by atoms with Gasteiger partial charge in [-0.25, -0.2) is 0 Å². The minimum absolute atomic E-state index is 0.0257. The van der Waals surface area contributed by atoms with Crippen molar-refractivity contribution in [3.05, 3.63) is 40.5 Å². The number of rotatable bonds is 0. The molecule has 3 rings (SSSR count). The van der Waals surface area contributed by atoms with Gasteiger partial charge in [-0.2, -0.15) is 0 Å². The van der Waals surface area contributed by atoms with Gasteiger partial charge in [-0.15, -0.1) is 0 Å². The molecule has 1 aliphatic carbocycles. The lowest BCUT2D eigenvalue weighted by Gasteiger charge is -2.47. The van der Waals surface area contributed by atoms with Crippen molar-refractivity contribution in [2.24, 2.45) is 0 Å². The maximum absolute atomic E-state index is 4.38. The Kier molecular flexibility index (Phi) is 3.99. The van der Waals surface area contributed by atoms with E-state index < -0.39 is 0 Å². The lowest BCUT2D eigenvalue weighted by molar-refractivity contribution is 0.489. The molecule has 21 heavy (non-hydrogen) atoms. The molecule has 0 fully saturated rings. The van der Waals surface area contributed by atoms with Crippen molar-refractivity contribution in [1.82, 2.24) is 0 Å². The molecule has 0 spiro atoms. The first-order valence-electron chi connectivity index (χ1n) is 8.39. The van der Waals surface area contributed by atoms with Crippen LogP contribution in [0.5, 0.6) is 0 Å². The van der Waals surface area contributed by atoms with E-state index in [0.29, 0.717) is 0 Å². The molecule has 1 heteroatoms. The summed E-state index contributed by atoms with van der Waals surface area (Å²) < 4.78 is 0. The van der Waals surface area contributed by atoms with E-state index in [1.165, 1.54) is 41.6 Å². The summed E-state index contributed by atoms with van der Waals surface area (Å²) in [6.07, 6.45) is 3.78. The first-order valence-corrected chi connectivity index (χ1v) is 8.39. The van der Waals surface area contributed by atoms with Crippen LogP contribution in [0.1, 0.15) is 70.2 Å². The van der Waals surface area contributed by atoms with Crippen LogP contribution >= 0.6 is 0 Å². The first-order chi connectivity index (χ1) is 9.75. The fourth-order valence-corrected chi connectivity index (χ4v) is 3.96. The Morgan fingerprint density at radius 1 is 1.05 bits per heavy atom. The highest BCUT2D eigenvalue weighted by atomic mass is 15.0. The van der Waals surface area contributed by atoms with Gasteiger partial charge in [0.15, 0.2) is 0 Å². The zero-order valence-electron chi connectivity index (χ0n) is 14.9. The normalized spacial score (nSPS) is 20.8. The second-order valence-corrected chi connectivity index (χ2v) is 7.28. The number of aryl methyl sites for hydroxylation is 1. The van der Waals surface area contributed by atoms with Crippen LogP contribution in [0.25, 0.3) is 0 Å². The topological polar surface area (TPSA) is 12.0 Å². The third kappa shape index (κ3) is 2.31. The Morgan fingerprint density at radius 3 is 2.24 bits per heavy atom. The Labute approximate surface area is 130 Å². The number of fused-ring (bicyclic) bond motifs is 3. The van der Waals surface area contributed by atoms with Gasteiger partial charge in [-0.3, -0.25) is 0 Å². The molecule has 0 saturated carbocycles. The molecule has 0 bridgehead atoms. The summed E-state index contributed by atoms with van der Waals surface area (Å²) in [6.45, 7) is 19.8. The fraction of sp³-hybridized carbons (Fsp3) is 0.600. The third-order valence-electron chi connectivity index (χ3n) is 5.25. The number of hydrogen-bond donors (Lipinski definition) is 1. The van der Waals surface area contributed by atoms with Crippen molar-refractivity contribution >= 4 is 5.69 Å². The Hall–Kier alpha value is -1.24. The lowest BCUT2D eigenvalue weighted by atomic mass is 9.66. The van der Waals surface area contributed by atoms with Crippen LogP contribution in [0.4, 0.5) is 5.69 Å². The molecule has 1 aromatic rings. The summed E-state index contributed by atoms with van der Waals surface area (Å²) in [5, 5.41) is 3.77. The second kappa shape index (κ2) is 5.19. The maximum atomic E-state index is 4.38. The van der Waals surface area contributed by atoms with Gasteiger partial charge >= 0.3 is 0 Å². The summed E-state index contributed by atoms with van der Waals surface area (Å²) in [4.78, 5) is 0. The van der Waals surface area contributed by atoms with Gasteiger partial charge < -0.3 is 5.32 Å². The first kappa shape index (κ1) is 16.1. The van der Waals surface area contributed by atoms with E-state index in [1.54, 1.807) is 11.1 Å². The summed E-state index contributed by atoms with van der Waals surface area (Å²) >= 11 is 0. The van der Waals surface area contributed by atoms with Crippen LogP contribution in [-0.4, -0.2) is 5.54 Å². The van der Waals surface area contributed by atoms with E-state index in [1.807, 2.05) is 13.8 Å². The molecule has 1 aromatic carbocycles. The van der Waals surface area contributed by atoms with Gasteiger partial charge in [0.2, 0.25) is 0 Å². The number of anilines is 1. The highest BCUT2D eigenvalue weighted by molar-refractivity contribution is 5.72. The summed E-state index contributed by atoms with van der Waals surface area (Å²) in [5.74, 6) is 0. The Balaban J connectivity index is 0.000000774. The van der Waals surface area contributed by atoms with E-state index in [0.717, 1.165) is 0 Å². The zero-order chi connectivity index (χ0) is 16.0. The molecular formula is C20H31N. The summed E-state index contributed by atoms with van der Waals surface area (Å²) in [7, 11) is 0. The number of nitrogens with one attached hydrogen (secondary N) is 1. The van der Waals surface area contributed by atoms with Gasteiger partial charge in [0.05, 0.1) is 5.54 Å². The molecule has 1 aliphatic heterocycles. The van der Waals surface area contributed by atoms with Gasteiger partial charge in [-0.05, 0) is 67.9 Å². The summed E-state index contributed by atoms with van der Waals surface area (Å²) in [6, 6.07) is 2.40. The van der Waals surface area contributed by atoms with Crippen molar-refractivity contribution in [3.63, 3.8) is 0 Å². The van der Waals surface area contributed by atoms with Crippen LogP contribution < -0.4 is 5.32 Å². The molecule has 1 heterocycles. The summed E-state index contributed by atoms with van der Waals surface area (Å²) in [5.41, 5.74) is 8.78. The SMILES string of the molecule is C=C1C(C)(C)Nc2c(cc(C)c3c2CCC3)C1(C)C.CC.